The smallest absolute Gasteiger partial charge is 0.119 e. The molecule has 0 aliphatic rings. The van der Waals surface area contributed by atoms with Gasteiger partial charge in [0.25, 0.3) is 0 Å². The van der Waals surface area contributed by atoms with Crippen LogP contribution in [0.5, 0.6) is 0 Å². The second-order valence-electron chi connectivity index (χ2n) is 4.36. The van der Waals surface area contributed by atoms with Crippen molar-refractivity contribution in [3.05, 3.63) is 0 Å². The van der Waals surface area contributed by atoms with Crippen LogP contribution in [0.3, 0.4) is 0 Å². The summed E-state index contributed by atoms with van der Waals surface area (Å²) >= 11 is 0. The molecule has 0 aliphatic heterocycles. The minimum atomic E-state index is -1.87. The molecule has 0 aromatic carbocycles. The van der Waals surface area contributed by atoms with Gasteiger partial charge >= 0.3 is 8.25 Å². The van der Waals surface area contributed by atoms with Crippen LogP contribution in [-0.2, 0) is 13.6 Å². The van der Waals surface area contributed by atoms with Crippen molar-refractivity contribution in [3.8, 4) is 0 Å². The molecule has 0 amide bonds. The molecular formula is C13H28O3P+. The van der Waals surface area contributed by atoms with Gasteiger partial charge in [0.05, 0.1) is 0 Å². The predicted octanol–water partition coefficient (Wildman–Crippen LogP) is 5.23. The molecule has 0 N–H and O–H groups in total. The van der Waals surface area contributed by atoms with Crippen molar-refractivity contribution < 1.29 is 13.6 Å². The summed E-state index contributed by atoms with van der Waals surface area (Å²) in [6, 6.07) is 0. The largest absolute Gasteiger partial charge is 0.697 e. The van der Waals surface area contributed by atoms with Gasteiger partial charge in [-0.1, -0.05) is 58.8 Å². The van der Waals surface area contributed by atoms with Gasteiger partial charge in [-0.3, -0.25) is 0 Å². The maximum absolute atomic E-state index is 11.2. The van der Waals surface area contributed by atoms with Crippen molar-refractivity contribution in [2.75, 3.05) is 13.2 Å². The third-order valence-corrected chi connectivity index (χ3v) is 3.43. The van der Waals surface area contributed by atoms with Gasteiger partial charge in [0, 0.05) is 4.57 Å². The van der Waals surface area contributed by atoms with Crippen molar-refractivity contribution in [2.24, 2.45) is 0 Å². The quantitative estimate of drug-likeness (QED) is 0.337. The lowest BCUT2D eigenvalue weighted by molar-refractivity contribution is 0.218. The summed E-state index contributed by atoms with van der Waals surface area (Å²) in [5.41, 5.74) is 0. The normalized spacial score (nSPS) is 11.8. The Labute approximate surface area is 107 Å². The standard InChI is InChI=1S/C13H28O3P/c1-3-5-7-8-9-11-13-16-17(14)15-12-10-6-4-2/h3-13H2,1-2H3/q+1. The molecule has 0 radical (unpaired) electrons. The van der Waals surface area contributed by atoms with Gasteiger partial charge in [0.2, 0.25) is 0 Å². The Morgan fingerprint density at radius 3 is 1.71 bits per heavy atom. The molecule has 0 spiro atoms. The van der Waals surface area contributed by atoms with Crippen molar-refractivity contribution >= 4 is 8.25 Å². The highest BCUT2D eigenvalue weighted by Crippen LogP contribution is 2.24. The zero-order valence-electron chi connectivity index (χ0n) is 11.5. The minimum Gasteiger partial charge on any atom is -0.119 e. The molecule has 0 aliphatic carbocycles. The van der Waals surface area contributed by atoms with Crippen molar-refractivity contribution in [3.63, 3.8) is 0 Å². The predicted molar refractivity (Wildman–Crippen MR) is 72.4 cm³/mol. The zero-order valence-corrected chi connectivity index (χ0v) is 12.3. The molecule has 102 valence electrons. The molecule has 0 saturated heterocycles. The first-order valence-corrected chi connectivity index (χ1v) is 8.13. The van der Waals surface area contributed by atoms with Crippen molar-refractivity contribution in [2.45, 2.75) is 71.6 Å². The van der Waals surface area contributed by atoms with E-state index in [1.165, 1.54) is 32.1 Å². The Morgan fingerprint density at radius 1 is 0.706 bits per heavy atom. The van der Waals surface area contributed by atoms with Crippen LogP contribution in [-0.4, -0.2) is 13.2 Å². The topological polar surface area (TPSA) is 35.5 Å². The van der Waals surface area contributed by atoms with Crippen LogP contribution in [0.4, 0.5) is 0 Å². The minimum absolute atomic E-state index is 0.555. The Kier molecular flexibility index (Phi) is 14.1. The van der Waals surface area contributed by atoms with Crippen LogP contribution in [0.2, 0.25) is 0 Å². The van der Waals surface area contributed by atoms with E-state index in [0.717, 1.165) is 25.7 Å². The van der Waals surface area contributed by atoms with E-state index >= 15 is 0 Å². The monoisotopic (exact) mass is 263 g/mol. The van der Waals surface area contributed by atoms with E-state index in [0.29, 0.717) is 13.2 Å². The first kappa shape index (κ1) is 17.0. The highest BCUT2D eigenvalue weighted by Gasteiger charge is 2.18. The number of hydrogen-bond acceptors (Lipinski definition) is 3. The summed E-state index contributed by atoms with van der Waals surface area (Å²) in [6.07, 6.45) is 10.5. The maximum atomic E-state index is 11.2. The number of rotatable bonds is 13. The lowest BCUT2D eigenvalue weighted by Gasteiger charge is -1.97. The molecule has 0 aromatic heterocycles. The summed E-state index contributed by atoms with van der Waals surface area (Å²) in [4.78, 5) is 0. The highest BCUT2D eigenvalue weighted by molar-refractivity contribution is 7.33. The van der Waals surface area contributed by atoms with Gasteiger partial charge < -0.3 is 0 Å². The lowest BCUT2D eigenvalue weighted by atomic mass is 10.1. The Hall–Kier alpha value is 0.0200. The molecular weight excluding hydrogens is 235 g/mol. The molecule has 0 heterocycles. The highest BCUT2D eigenvalue weighted by atomic mass is 31.1. The van der Waals surface area contributed by atoms with Crippen LogP contribution in [0.25, 0.3) is 0 Å². The van der Waals surface area contributed by atoms with E-state index in [2.05, 4.69) is 13.8 Å². The van der Waals surface area contributed by atoms with E-state index in [9.17, 15) is 4.57 Å². The third kappa shape index (κ3) is 14.0. The fraction of sp³-hybridized carbons (Fsp3) is 1.00. The summed E-state index contributed by atoms with van der Waals surface area (Å²) in [6.45, 7) is 5.47. The van der Waals surface area contributed by atoms with Crippen LogP contribution < -0.4 is 0 Å². The molecule has 0 saturated carbocycles. The molecule has 1 unspecified atom stereocenters. The first-order valence-electron chi connectivity index (χ1n) is 7.04. The Morgan fingerprint density at radius 2 is 1.12 bits per heavy atom. The average molecular weight is 263 g/mol. The molecule has 0 rings (SSSR count). The summed E-state index contributed by atoms with van der Waals surface area (Å²) in [5, 5.41) is 0. The van der Waals surface area contributed by atoms with Crippen molar-refractivity contribution in [1.82, 2.24) is 0 Å². The Bertz CT molecular complexity index is 174. The van der Waals surface area contributed by atoms with E-state index in [4.69, 9.17) is 9.05 Å². The molecule has 4 heteroatoms. The SMILES string of the molecule is CCCCCCCCO[P+](=O)OCCCCC. The second kappa shape index (κ2) is 14.1. The molecule has 0 bridgehead atoms. The van der Waals surface area contributed by atoms with E-state index < -0.39 is 8.25 Å². The van der Waals surface area contributed by atoms with Crippen LogP contribution in [0.15, 0.2) is 0 Å². The van der Waals surface area contributed by atoms with E-state index in [1.807, 2.05) is 0 Å². The first-order chi connectivity index (χ1) is 8.31. The average Bonchev–Trinajstić information content (AvgIpc) is 2.33. The van der Waals surface area contributed by atoms with Crippen LogP contribution in [0.1, 0.15) is 71.6 Å². The van der Waals surface area contributed by atoms with Crippen LogP contribution >= 0.6 is 8.25 Å². The fourth-order valence-corrected chi connectivity index (χ4v) is 2.18. The molecule has 0 fully saturated rings. The number of hydrogen-bond donors (Lipinski definition) is 0. The van der Waals surface area contributed by atoms with Gasteiger partial charge in [0.1, 0.15) is 13.2 Å². The van der Waals surface area contributed by atoms with E-state index in [1.54, 1.807) is 0 Å². The van der Waals surface area contributed by atoms with E-state index in [-0.39, 0.29) is 0 Å². The van der Waals surface area contributed by atoms with Crippen molar-refractivity contribution in [1.29, 1.82) is 0 Å². The zero-order chi connectivity index (χ0) is 12.8. The van der Waals surface area contributed by atoms with Crippen LogP contribution in [0, 0.1) is 0 Å². The summed E-state index contributed by atoms with van der Waals surface area (Å²) in [5.74, 6) is 0. The van der Waals surface area contributed by atoms with Gasteiger partial charge in [-0.2, -0.15) is 0 Å². The van der Waals surface area contributed by atoms with Gasteiger partial charge in [-0.05, 0) is 12.8 Å². The summed E-state index contributed by atoms with van der Waals surface area (Å²) < 4.78 is 21.4. The van der Waals surface area contributed by atoms with Gasteiger partial charge in [-0.25, -0.2) is 0 Å². The molecule has 17 heavy (non-hydrogen) atoms. The molecule has 0 aromatic rings. The Balaban J connectivity index is 3.11. The lowest BCUT2D eigenvalue weighted by Crippen LogP contribution is -1.91. The fourth-order valence-electron chi connectivity index (χ4n) is 1.55. The van der Waals surface area contributed by atoms with Gasteiger partial charge in [-0.15, -0.1) is 9.05 Å². The van der Waals surface area contributed by atoms with Gasteiger partial charge in [0.15, 0.2) is 0 Å². The molecule has 3 nitrogen and oxygen atoms in total. The summed E-state index contributed by atoms with van der Waals surface area (Å²) in [7, 11) is -1.87. The maximum Gasteiger partial charge on any atom is 0.697 e. The number of unbranched alkanes of at least 4 members (excludes halogenated alkanes) is 7. The molecule has 1 atom stereocenters. The third-order valence-electron chi connectivity index (χ3n) is 2.64. The second-order valence-corrected chi connectivity index (χ2v) is 5.33.